The van der Waals surface area contributed by atoms with E-state index < -0.39 is 17.3 Å². The number of carbonyl (C=O) groups excluding carboxylic acids is 3. The highest BCUT2D eigenvalue weighted by Gasteiger charge is 2.92. The van der Waals surface area contributed by atoms with Crippen LogP contribution in [0.5, 0.6) is 0 Å². The highest BCUT2D eigenvalue weighted by Crippen LogP contribution is 2.77. The molecular weight excluding hydrogens is 418 g/mol. The van der Waals surface area contributed by atoms with Crippen LogP contribution in [0.25, 0.3) is 0 Å². The van der Waals surface area contributed by atoms with E-state index >= 15 is 0 Å². The van der Waals surface area contributed by atoms with Crippen molar-refractivity contribution in [3.05, 3.63) is 22.8 Å². The van der Waals surface area contributed by atoms with Crippen LogP contribution in [-0.4, -0.2) is 72.7 Å². The SMILES string of the molecule is C[C@]12CCC3=C(COC3=O)C1C[C@@H]1O[C@@]13C(=O)C(CCCOC(=O)NCCO)=C[C@@H]1O[C@]123. The number of aliphatic hydroxyl groups excluding tert-OH is 1. The molecule has 2 saturated heterocycles. The van der Waals surface area contributed by atoms with Crippen LogP contribution in [0.4, 0.5) is 4.79 Å². The van der Waals surface area contributed by atoms with Crippen LogP contribution in [0.1, 0.15) is 39.0 Å². The molecule has 172 valence electrons. The number of fused-ring (bicyclic) bond motifs is 2. The second-order valence-corrected chi connectivity index (χ2v) is 9.81. The van der Waals surface area contributed by atoms with Crippen LogP contribution in [-0.2, 0) is 28.5 Å². The molecule has 0 aromatic rings. The normalized spacial score (nSPS) is 42.6. The zero-order valence-corrected chi connectivity index (χ0v) is 18.0. The number of esters is 1. The standard InChI is InChI=1S/C23H27NO8/c1-21-5-4-13-14(11-30-19(13)27)15(21)10-16-22(31-16)18(26)12(9-17-23(21,22)32-17)3-2-8-29-20(28)24-6-7-25/h9,15-17,25H,2-8,10-11H2,1H3,(H,24,28)/t15?,16-,17-,21-,22+,23+/m0/s1. The zero-order chi connectivity index (χ0) is 22.3. The lowest BCUT2D eigenvalue weighted by atomic mass is 9.48. The highest BCUT2D eigenvalue weighted by molar-refractivity contribution is 6.08. The third-order valence-electron chi connectivity index (χ3n) is 8.49. The second-order valence-electron chi connectivity index (χ2n) is 9.81. The molecule has 2 spiro atoms. The van der Waals surface area contributed by atoms with Gasteiger partial charge in [-0.25, -0.2) is 9.59 Å². The van der Waals surface area contributed by atoms with E-state index in [1.54, 1.807) is 0 Å². The van der Waals surface area contributed by atoms with E-state index in [0.717, 1.165) is 17.6 Å². The molecule has 3 heterocycles. The van der Waals surface area contributed by atoms with Crippen molar-refractivity contribution in [1.82, 2.24) is 5.32 Å². The summed E-state index contributed by atoms with van der Waals surface area (Å²) in [5, 5.41) is 11.1. The Bertz CT molecular complexity index is 986. The number of rotatable bonds is 6. The molecule has 9 heteroatoms. The lowest BCUT2D eigenvalue weighted by molar-refractivity contribution is -0.136. The van der Waals surface area contributed by atoms with Gasteiger partial charge in [-0.1, -0.05) is 6.92 Å². The predicted octanol–water partition coefficient (Wildman–Crippen LogP) is 0.943. The van der Waals surface area contributed by atoms with E-state index in [0.29, 0.717) is 37.9 Å². The molecule has 3 fully saturated rings. The smallest absolute Gasteiger partial charge is 0.407 e. The highest BCUT2D eigenvalue weighted by atomic mass is 16.7. The van der Waals surface area contributed by atoms with Gasteiger partial charge in [0.05, 0.1) is 19.3 Å². The van der Waals surface area contributed by atoms with Crippen molar-refractivity contribution in [2.24, 2.45) is 11.3 Å². The van der Waals surface area contributed by atoms with Gasteiger partial charge >= 0.3 is 12.1 Å². The molecule has 1 saturated carbocycles. The topological polar surface area (TPSA) is 127 Å². The Hall–Kier alpha value is -2.23. The second kappa shape index (κ2) is 6.65. The number of carbonyl (C=O) groups is 3. The molecule has 6 atom stereocenters. The fourth-order valence-corrected chi connectivity index (χ4v) is 6.96. The van der Waals surface area contributed by atoms with Crippen LogP contribution in [0.2, 0.25) is 0 Å². The number of Topliss-reactive ketones (excluding diaryl/α,β-unsaturated/α-hetero) is 1. The van der Waals surface area contributed by atoms with Gasteiger partial charge in [-0.15, -0.1) is 0 Å². The van der Waals surface area contributed by atoms with E-state index in [-0.39, 0.29) is 55.1 Å². The average Bonchev–Trinajstić information content (AvgIpc) is 3.65. The number of aliphatic hydroxyl groups is 1. The number of hydrogen-bond acceptors (Lipinski definition) is 8. The first-order valence-corrected chi connectivity index (χ1v) is 11.4. The fourth-order valence-electron chi connectivity index (χ4n) is 6.96. The Morgan fingerprint density at radius 1 is 1.34 bits per heavy atom. The number of ketones is 1. The summed E-state index contributed by atoms with van der Waals surface area (Å²) in [6.07, 6.45) is 4.10. The molecule has 6 rings (SSSR count). The number of ether oxygens (including phenoxy) is 4. The summed E-state index contributed by atoms with van der Waals surface area (Å²) in [5.74, 6) is -0.0772. The molecule has 0 aromatic heterocycles. The maximum absolute atomic E-state index is 13.6. The molecule has 0 bridgehead atoms. The molecule has 2 N–H and O–H groups in total. The molecule has 3 aliphatic heterocycles. The summed E-state index contributed by atoms with van der Waals surface area (Å²) in [4.78, 5) is 37.2. The molecule has 6 aliphatic rings. The van der Waals surface area contributed by atoms with Crippen molar-refractivity contribution in [2.45, 2.75) is 62.4 Å². The Balaban J connectivity index is 1.20. The number of alkyl carbamates (subject to hydrolysis) is 1. The van der Waals surface area contributed by atoms with Gasteiger partial charge in [-0.05, 0) is 55.2 Å². The van der Waals surface area contributed by atoms with Crippen molar-refractivity contribution in [1.29, 1.82) is 0 Å². The molecule has 0 aromatic carbocycles. The Kier molecular flexibility index (Phi) is 4.23. The molecule has 1 amide bonds. The summed E-state index contributed by atoms with van der Waals surface area (Å²) in [6.45, 7) is 2.71. The quantitative estimate of drug-likeness (QED) is 0.351. The number of epoxide rings is 2. The van der Waals surface area contributed by atoms with Gasteiger partial charge in [0.15, 0.2) is 11.4 Å². The minimum Gasteiger partial charge on any atom is -0.458 e. The molecule has 32 heavy (non-hydrogen) atoms. The molecule has 9 nitrogen and oxygen atoms in total. The van der Waals surface area contributed by atoms with E-state index in [1.165, 1.54) is 0 Å². The van der Waals surface area contributed by atoms with Crippen LogP contribution in [0, 0.1) is 11.3 Å². The summed E-state index contributed by atoms with van der Waals surface area (Å²) in [7, 11) is 0. The van der Waals surface area contributed by atoms with Gasteiger partial charge in [0.2, 0.25) is 0 Å². The van der Waals surface area contributed by atoms with Crippen molar-refractivity contribution in [3.8, 4) is 0 Å². The zero-order valence-electron chi connectivity index (χ0n) is 18.0. The lowest BCUT2D eigenvalue weighted by Gasteiger charge is -2.51. The average molecular weight is 445 g/mol. The van der Waals surface area contributed by atoms with Gasteiger partial charge in [0.1, 0.15) is 18.3 Å². The maximum atomic E-state index is 13.6. The van der Waals surface area contributed by atoms with Gasteiger partial charge in [0.25, 0.3) is 0 Å². The number of nitrogens with one attached hydrogen (secondary N) is 1. The van der Waals surface area contributed by atoms with Crippen molar-refractivity contribution in [2.75, 3.05) is 26.4 Å². The van der Waals surface area contributed by atoms with Crippen molar-refractivity contribution < 1.29 is 38.4 Å². The van der Waals surface area contributed by atoms with Crippen molar-refractivity contribution in [3.63, 3.8) is 0 Å². The first kappa shape index (κ1) is 20.4. The first-order valence-electron chi connectivity index (χ1n) is 11.4. The van der Waals surface area contributed by atoms with Crippen LogP contribution in [0.15, 0.2) is 22.8 Å². The van der Waals surface area contributed by atoms with E-state index in [9.17, 15) is 14.4 Å². The minimum atomic E-state index is -0.923. The third kappa shape index (κ3) is 2.36. The maximum Gasteiger partial charge on any atom is 0.407 e. The molecule has 1 unspecified atom stereocenters. The van der Waals surface area contributed by atoms with E-state index in [4.69, 9.17) is 24.1 Å². The lowest BCUT2D eigenvalue weighted by Crippen LogP contribution is -2.63. The van der Waals surface area contributed by atoms with E-state index in [1.807, 2.05) is 6.08 Å². The summed E-state index contributed by atoms with van der Waals surface area (Å²) < 4.78 is 23.0. The molecule has 0 radical (unpaired) electrons. The Labute approximate surface area is 185 Å². The largest absolute Gasteiger partial charge is 0.458 e. The number of hydrogen-bond donors (Lipinski definition) is 2. The monoisotopic (exact) mass is 445 g/mol. The van der Waals surface area contributed by atoms with Crippen LogP contribution < -0.4 is 5.32 Å². The first-order chi connectivity index (χ1) is 15.4. The van der Waals surface area contributed by atoms with Gasteiger partial charge in [0, 0.05) is 17.5 Å². The predicted molar refractivity (Wildman–Crippen MR) is 107 cm³/mol. The summed E-state index contributed by atoms with van der Waals surface area (Å²) in [5.41, 5.74) is 0.698. The minimum absolute atomic E-state index is 0.000758. The van der Waals surface area contributed by atoms with Gasteiger partial charge in [-0.3, -0.25) is 4.79 Å². The third-order valence-corrected chi connectivity index (χ3v) is 8.49. The van der Waals surface area contributed by atoms with Gasteiger partial charge < -0.3 is 29.4 Å². The van der Waals surface area contributed by atoms with Crippen LogP contribution >= 0.6 is 0 Å². The molecule has 3 aliphatic carbocycles. The number of amides is 1. The molecular formula is C23H27NO8. The summed E-state index contributed by atoms with van der Waals surface area (Å²) in [6, 6.07) is 0. The van der Waals surface area contributed by atoms with Gasteiger partial charge in [-0.2, -0.15) is 0 Å². The van der Waals surface area contributed by atoms with E-state index in [2.05, 4.69) is 12.2 Å². The fraction of sp³-hybridized carbons (Fsp3) is 0.696. The van der Waals surface area contributed by atoms with Crippen molar-refractivity contribution >= 4 is 17.8 Å². The van der Waals surface area contributed by atoms with Crippen LogP contribution in [0.3, 0.4) is 0 Å². The Morgan fingerprint density at radius 3 is 3.00 bits per heavy atom. The summed E-state index contributed by atoms with van der Waals surface area (Å²) >= 11 is 0. The number of cyclic esters (lactones) is 1. The Morgan fingerprint density at radius 2 is 2.19 bits per heavy atom.